The minimum atomic E-state index is 0. The fraction of sp³-hybridized carbons (Fsp3) is 0.636. The summed E-state index contributed by atoms with van der Waals surface area (Å²) >= 11 is 0. The molecule has 0 N–H and O–H groups in total. The van der Waals surface area contributed by atoms with Crippen molar-refractivity contribution in [3.8, 4) is 0 Å². The van der Waals surface area contributed by atoms with E-state index in [2.05, 4.69) is 51.4 Å². The van der Waals surface area contributed by atoms with Gasteiger partial charge in [0, 0.05) is 36.1 Å². The van der Waals surface area contributed by atoms with Crippen molar-refractivity contribution in [1.82, 2.24) is 0 Å². The van der Waals surface area contributed by atoms with Crippen molar-refractivity contribution >= 4 is 54.8 Å². The van der Waals surface area contributed by atoms with Gasteiger partial charge in [-0.25, -0.2) is 12.2 Å². The van der Waals surface area contributed by atoms with Gasteiger partial charge in [0.1, 0.15) is 0 Å². The molecule has 0 saturated carbocycles. The molecule has 1 rings (SSSR count). The van der Waals surface area contributed by atoms with Gasteiger partial charge in [0.05, 0.1) is 0 Å². The molecule has 17 heavy (non-hydrogen) atoms. The van der Waals surface area contributed by atoms with Gasteiger partial charge in [-0.05, 0) is 0 Å². The summed E-state index contributed by atoms with van der Waals surface area (Å²) in [4.78, 5) is 0. The van der Waals surface area contributed by atoms with E-state index in [1.165, 1.54) is 0 Å². The van der Waals surface area contributed by atoms with Crippen molar-refractivity contribution in [2.24, 2.45) is 0 Å². The molecule has 0 nitrogen and oxygen atoms in total. The Bertz CT molecular complexity index is 130. The van der Waals surface area contributed by atoms with Crippen LogP contribution in [0, 0.1) is 6.08 Å². The Kier molecular flexibility index (Phi) is 64.8. The Hall–Kier alpha value is 1.37. The Balaban J connectivity index is -0.0000000242. The van der Waals surface area contributed by atoms with Gasteiger partial charge in [0.15, 0.2) is 0 Å². The maximum atomic E-state index is 2.99. The summed E-state index contributed by atoms with van der Waals surface area (Å²) < 4.78 is 0. The third kappa shape index (κ3) is 101. The van der Waals surface area contributed by atoms with Gasteiger partial charge in [-0.1, -0.05) is 39.3 Å². The Morgan fingerprint density at radius 2 is 1.12 bits per heavy atom. The summed E-state index contributed by atoms with van der Waals surface area (Å²) in [5.41, 5.74) is 0. The number of allylic oxidation sites excluding steroid dienone is 4. The molecule has 1 aliphatic rings. The summed E-state index contributed by atoms with van der Waals surface area (Å²) in [6, 6.07) is 0. The summed E-state index contributed by atoms with van der Waals surface area (Å²) in [6.07, 6.45) is 10.0. The van der Waals surface area contributed by atoms with Crippen LogP contribution in [-0.2, 0) is 18.6 Å². The number of hydrogen-bond acceptors (Lipinski definition) is 0. The predicted octanol–water partition coefficient (Wildman–Crippen LogP) is 5.31. The number of hydrogen-bond donors (Lipinski definition) is 0. The van der Waals surface area contributed by atoms with Crippen LogP contribution in [0.15, 0.2) is 18.2 Å². The molecule has 0 aliphatic heterocycles. The first-order chi connectivity index (χ1) is 5.96. The third-order valence-electron chi connectivity index (χ3n) is 0.586. The molecule has 0 bridgehead atoms. The maximum Gasteiger partial charge on any atom is 0.0379 e. The van der Waals surface area contributed by atoms with Crippen LogP contribution in [0.5, 0.6) is 0 Å². The van der Waals surface area contributed by atoms with Crippen molar-refractivity contribution in [2.45, 2.75) is 45.7 Å². The number of halogens is 3. The van der Waals surface area contributed by atoms with E-state index in [4.69, 9.17) is 0 Å². The van der Waals surface area contributed by atoms with Gasteiger partial charge in [-0.15, -0.1) is 43.6 Å². The smallest absolute Gasteiger partial charge is 0.0379 e. The topological polar surface area (TPSA) is 0 Å². The summed E-state index contributed by atoms with van der Waals surface area (Å²) in [5, 5.41) is 0. The molecule has 0 aromatic carbocycles. The van der Waals surface area contributed by atoms with Crippen molar-refractivity contribution < 1.29 is 18.6 Å². The molecule has 105 valence electrons. The third-order valence-corrected chi connectivity index (χ3v) is 0.586. The van der Waals surface area contributed by atoms with Gasteiger partial charge < -0.3 is 0 Å². The zero-order chi connectivity index (χ0) is 10.7. The molecule has 0 spiro atoms. The van der Waals surface area contributed by atoms with Crippen LogP contribution in [0.1, 0.15) is 6.42 Å². The molecule has 0 aromatic heterocycles. The van der Waals surface area contributed by atoms with Crippen LogP contribution in [0.2, 0.25) is 39.3 Å². The monoisotopic (exact) mass is 370 g/mol. The van der Waals surface area contributed by atoms with Crippen molar-refractivity contribution in [2.75, 3.05) is 0 Å². The summed E-state index contributed by atoms with van der Waals surface area (Å²) in [5.74, 6) is 0. The normalized spacial score (nSPS) is 9.41. The minimum absolute atomic E-state index is 0. The Morgan fingerprint density at radius 1 is 0.824 bits per heavy atom. The molecular formula is C11H26Cl3Si2V-. The van der Waals surface area contributed by atoms with E-state index in [1.54, 1.807) is 0 Å². The predicted molar refractivity (Wildman–Crippen MR) is 90.0 cm³/mol. The maximum absolute atomic E-state index is 2.99. The Morgan fingerprint density at radius 3 is 1.18 bits per heavy atom. The van der Waals surface area contributed by atoms with Crippen molar-refractivity contribution in [3.63, 3.8) is 0 Å². The van der Waals surface area contributed by atoms with E-state index in [0.717, 1.165) is 6.42 Å². The molecule has 1 aliphatic carbocycles. The first-order valence-electron chi connectivity index (χ1n) is 4.72. The molecule has 0 amide bonds. The van der Waals surface area contributed by atoms with E-state index in [-0.39, 0.29) is 73.4 Å². The van der Waals surface area contributed by atoms with E-state index in [0.29, 0.717) is 0 Å². The molecular weight excluding hydrogens is 346 g/mol. The van der Waals surface area contributed by atoms with E-state index < -0.39 is 0 Å². The van der Waals surface area contributed by atoms with E-state index in [9.17, 15) is 0 Å². The minimum Gasteiger partial charge on any atom is -0.273 e. The average molecular weight is 372 g/mol. The molecule has 0 fully saturated rings. The molecule has 0 saturated heterocycles. The zero-order valence-electron chi connectivity index (χ0n) is 11.6. The molecule has 0 atom stereocenters. The van der Waals surface area contributed by atoms with Crippen molar-refractivity contribution in [1.29, 1.82) is 0 Å². The van der Waals surface area contributed by atoms with Crippen LogP contribution < -0.4 is 0 Å². The van der Waals surface area contributed by atoms with Gasteiger partial charge in [0.25, 0.3) is 0 Å². The first kappa shape index (κ1) is 36.2. The fourth-order valence-corrected chi connectivity index (χ4v) is 0.340. The van der Waals surface area contributed by atoms with Crippen LogP contribution in [0.25, 0.3) is 0 Å². The summed E-state index contributed by atoms with van der Waals surface area (Å²) in [6.45, 7) is 13.6. The fourth-order valence-electron chi connectivity index (χ4n) is 0.340. The zero-order valence-corrected chi connectivity index (χ0v) is 17.5. The molecule has 6 heteroatoms. The van der Waals surface area contributed by atoms with Gasteiger partial charge in [-0.3, -0.25) is 6.08 Å². The SMILES string of the molecule is C[Si](C)C.C[Si](C)C.Cl.Cl.Cl.[C-]1=CC=CC1.[V]. The summed E-state index contributed by atoms with van der Waals surface area (Å²) in [7, 11) is 0.241. The molecule has 0 aromatic rings. The molecule has 3 radical (unpaired) electrons. The largest absolute Gasteiger partial charge is 0.273 e. The number of rotatable bonds is 0. The van der Waals surface area contributed by atoms with Gasteiger partial charge >= 0.3 is 0 Å². The van der Waals surface area contributed by atoms with Crippen molar-refractivity contribution in [3.05, 3.63) is 24.3 Å². The second kappa shape index (κ2) is 30.4. The standard InChI is InChI=1S/C5H5.2C3H9Si.3ClH.V/c1-2-4-5-3-1;2*1-4(2)3;;;;/h1-3H,4H2;2*1-3H3;3*1H;/q-1;;;;;;. The quantitative estimate of drug-likeness (QED) is 0.400. The van der Waals surface area contributed by atoms with Gasteiger partial charge in [0.2, 0.25) is 0 Å². The molecule has 0 unspecified atom stereocenters. The van der Waals surface area contributed by atoms with Crippen LogP contribution in [-0.4, -0.2) is 17.6 Å². The first-order valence-corrected chi connectivity index (χ1v) is 10.7. The Labute approximate surface area is 142 Å². The van der Waals surface area contributed by atoms with E-state index in [1.807, 2.05) is 12.2 Å². The second-order valence-corrected chi connectivity index (χ2v) is 10.0. The second-order valence-electron chi connectivity index (χ2n) is 4.00. The average Bonchev–Trinajstić information content (AvgIpc) is 2.35. The van der Waals surface area contributed by atoms with Gasteiger partial charge in [-0.2, -0.15) is 6.08 Å². The van der Waals surface area contributed by atoms with Crippen LogP contribution in [0.3, 0.4) is 0 Å². The van der Waals surface area contributed by atoms with E-state index >= 15 is 0 Å². The van der Waals surface area contributed by atoms with Crippen LogP contribution >= 0.6 is 37.2 Å². The molecule has 0 heterocycles. The van der Waals surface area contributed by atoms with Crippen LogP contribution in [0.4, 0.5) is 0 Å².